The Labute approximate surface area is 167 Å². The van der Waals surface area contributed by atoms with E-state index in [9.17, 15) is 14.4 Å². The summed E-state index contributed by atoms with van der Waals surface area (Å²) in [6.07, 6.45) is 5.31. The van der Waals surface area contributed by atoms with Gasteiger partial charge >= 0.3 is 0 Å². The summed E-state index contributed by atoms with van der Waals surface area (Å²) in [5, 5.41) is 5.71. The molecule has 0 bridgehead atoms. The molecule has 0 spiro atoms. The zero-order chi connectivity index (χ0) is 20.0. The predicted octanol–water partition coefficient (Wildman–Crippen LogP) is 1.34. The Morgan fingerprint density at radius 3 is 2.90 bits per heavy atom. The third-order valence-electron chi connectivity index (χ3n) is 5.93. The minimum Gasteiger partial charge on any atom is -0.366 e. The number of aryl methyl sites for hydroxylation is 1. The number of rotatable bonds is 4. The second-order valence-corrected chi connectivity index (χ2v) is 7.75. The van der Waals surface area contributed by atoms with Crippen molar-refractivity contribution in [3.05, 3.63) is 52.5 Å². The Hall–Kier alpha value is -3.29. The van der Waals surface area contributed by atoms with Crippen molar-refractivity contribution in [2.75, 3.05) is 5.32 Å². The highest BCUT2D eigenvalue weighted by Gasteiger charge is 2.39. The van der Waals surface area contributed by atoms with E-state index in [0.717, 1.165) is 41.9 Å². The largest absolute Gasteiger partial charge is 0.366 e. The van der Waals surface area contributed by atoms with E-state index in [1.165, 1.54) is 5.56 Å². The Kier molecular flexibility index (Phi) is 4.26. The number of nitrogens with zero attached hydrogens (tertiary/aromatic N) is 3. The standard InChI is InChI=1S/C21H21N5O3/c27-18-7-6-17(20(28)25-18)26-10-13-5-4-12(8-15(13)21(26)29)9-22-19-14-2-1-3-16(14)23-11-24-19/h4-5,8,11,17H,1-3,6-7,9-10H2,(H,22,23,24)(H,25,27,28). The Balaban J connectivity index is 1.31. The van der Waals surface area contributed by atoms with Crippen molar-refractivity contribution in [3.63, 3.8) is 0 Å². The summed E-state index contributed by atoms with van der Waals surface area (Å²) >= 11 is 0. The maximum Gasteiger partial charge on any atom is 0.255 e. The van der Waals surface area contributed by atoms with Crippen LogP contribution in [-0.4, -0.2) is 38.6 Å². The van der Waals surface area contributed by atoms with Gasteiger partial charge in [0.1, 0.15) is 18.2 Å². The first-order valence-corrected chi connectivity index (χ1v) is 9.93. The molecule has 1 fully saturated rings. The summed E-state index contributed by atoms with van der Waals surface area (Å²) in [6.45, 7) is 0.954. The monoisotopic (exact) mass is 391 g/mol. The number of nitrogens with one attached hydrogen (secondary N) is 2. The van der Waals surface area contributed by atoms with Crippen molar-refractivity contribution < 1.29 is 14.4 Å². The van der Waals surface area contributed by atoms with Crippen molar-refractivity contribution in [2.45, 2.75) is 51.2 Å². The van der Waals surface area contributed by atoms with Crippen LogP contribution in [0.1, 0.15) is 52.0 Å². The van der Waals surface area contributed by atoms with Gasteiger partial charge in [-0.05, 0) is 42.9 Å². The molecule has 1 atom stereocenters. The van der Waals surface area contributed by atoms with Gasteiger partial charge in [-0.15, -0.1) is 0 Å². The minimum absolute atomic E-state index is 0.153. The molecule has 2 aromatic rings. The second-order valence-electron chi connectivity index (χ2n) is 7.75. The number of aromatic nitrogens is 2. The molecule has 0 saturated carbocycles. The van der Waals surface area contributed by atoms with Crippen LogP contribution < -0.4 is 10.6 Å². The number of amides is 3. The minimum atomic E-state index is -0.585. The molecule has 8 heteroatoms. The second kappa shape index (κ2) is 6.95. The van der Waals surface area contributed by atoms with Gasteiger partial charge in [0.15, 0.2) is 0 Å². The van der Waals surface area contributed by atoms with Gasteiger partial charge in [0.05, 0.1) is 0 Å². The van der Waals surface area contributed by atoms with Crippen LogP contribution in [0.5, 0.6) is 0 Å². The summed E-state index contributed by atoms with van der Waals surface area (Å²) in [7, 11) is 0. The van der Waals surface area contributed by atoms with Crippen LogP contribution in [0.2, 0.25) is 0 Å². The summed E-state index contributed by atoms with van der Waals surface area (Å²) in [5.74, 6) is 0.0469. The number of benzene rings is 1. The molecule has 1 saturated heterocycles. The van der Waals surface area contributed by atoms with Gasteiger partial charge in [0.2, 0.25) is 11.8 Å². The molecule has 2 aliphatic heterocycles. The van der Waals surface area contributed by atoms with Crippen molar-refractivity contribution in [3.8, 4) is 0 Å². The van der Waals surface area contributed by atoms with Crippen LogP contribution in [0.25, 0.3) is 0 Å². The van der Waals surface area contributed by atoms with Gasteiger partial charge in [-0.2, -0.15) is 0 Å². The average molecular weight is 391 g/mol. The topological polar surface area (TPSA) is 104 Å². The van der Waals surface area contributed by atoms with E-state index in [4.69, 9.17) is 0 Å². The maximum absolute atomic E-state index is 12.9. The average Bonchev–Trinajstić information content (AvgIpc) is 3.32. The Bertz CT molecular complexity index is 1030. The molecule has 1 unspecified atom stereocenters. The molecule has 148 valence electrons. The van der Waals surface area contributed by atoms with Crippen molar-refractivity contribution in [2.24, 2.45) is 0 Å². The van der Waals surface area contributed by atoms with Gasteiger partial charge in [-0.25, -0.2) is 9.97 Å². The Morgan fingerprint density at radius 2 is 2.03 bits per heavy atom. The van der Waals surface area contributed by atoms with E-state index in [2.05, 4.69) is 20.6 Å². The van der Waals surface area contributed by atoms with E-state index in [1.807, 2.05) is 18.2 Å². The smallest absolute Gasteiger partial charge is 0.255 e. The number of fused-ring (bicyclic) bond motifs is 2. The first-order chi connectivity index (χ1) is 14.1. The number of carbonyl (C=O) groups is 3. The van der Waals surface area contributed by atoms with Crippen LogP contribution in [-0.2, 0) is 35.5 Å². The normalized spacial score (nSPS) is 20.5. The number of anilines is 1. The molecule has 2 N–H and O–H groups in total. The zero-order valence-electron chi connectivity index (χ0n) is 15.9. The Morgan fingerprint density at radius 1 is 1.14 bits per heavy atom. The number of imide groups is 1. The highest BCUT2D eigenvalue weighted by atomic mass is 16.2. The molecule has 3 amide bonds. The van der Waals surface area contributed by atoms with Crippen LogP contribution in [0.15, 0.2) is 24.5 Å². The quantitative estimate of drug-likeness (QED) is 0.762. The van der Waals surface area contributed by atoms with Crippen LogP contribution >= 0.6 is 0 Å². The number of hydrogen-bond acceptors (Lipinski definition) is 6. The van der Waals surface area contributed by atoms with Gasteiger partial charge in [0, 0.05) is 36.3 Å². The third kappa shape index (κ3) is 3.14. The molecule has 1 aromatic heterocycles. The van der Waals surface area contributed by atoms with Gasteiger partial charge in [-0.1, -0.05) is 12.1 Å². The summed E-state index contributed by atoms with van der Waals surface area (Å²) in [5.41, 5.74) is 4.82. The molecule has 5 rings (SSSR count). The number of carbonyl (C=O) groups excluding carboxylic acids is 3. The van der Waals surface area contributed by atoms with Crippen LogP contribution in [0.4, 0.5) is 5.82 Å². The van der Waals surface area contributed by atoms with Gasteiger partial charge in [0.25, 0.3) is 5.91 Å². The SMILES string of the molecule is O=C1CCC(N2Cc3ccc(CNc4ncnc5c4CCC5)cc3C2=O)C(=O)N1. The van der Waals surface area contributed by atoms with Crippen molar-refractivity contribution in [1.29, 1.82) is 0 Å². The lowest BCUT2D eigenvalue weighted by Gasteiger charge is -2.29. The van der Waals surface area contributed by atoms with Crippen LogP contribution in [0, 0.1) is 0 Å². The van der Waals surface area contributed by atoms with Gasteiger partial charge < -0.3 is 10.2 Å². The lowest BCUT2D eigenvalue weighted by Crippen LogP contribution is -2.52. The lowest BCUT2D eigenvalue weighted by molar-refractivity contribution is -0.136. The summed E-state index contributed by atoms with van der Waals surface area (Å²) < 4.78 is 0. The molecular formula is C21H21N5O3. The van der Waals surface area contributed by atoms with E-state index < -0.39 is 6.04 Å². The van der Waals surface area contributed by atoms with Crippen molar-refractivity contribution in [1.82, 2.24) is 20.2 Å². The maximum atomic E-state index is 12.9. The summed E-state index contributed by atoms with van der Waals surface area (Å²) in [6, 6.07) is 5.24. The lowest BCUT2D eigenvalue weighted by atomic mass is 10.0. The molecule has 3 aliphatic rings. The fourth-order valence-corrected chi connectivity index (χ4v) is 4.41. The molecule has 1 aromatic carbocycles. The van der Waals surface area contributed by atoms with Crippen molar-refractivity contribution >= 4 is 23.5 Å². The molecular weight excluding hydrogens is 370 g/mol. The summed E-state index contributed by atoms with van der Waals surface area (Å²) in [4.78, 5) is 46.8. The molecule has 29 heavy (non-hydrogen) atoms. The molecule has 8 nitrogen and oxygen atoms in total. The molecule has 3 heterocycles. The van der Waals surface area contributed by atoms with E-state index in [1.54, 1.807) is 11.2 Å². The zero-order valence-corrected chi connectivity index (χ0v) is 15.9. The van der Waals surface area contributed by atoms with E-state index in [-0.39, 0.29) is 24.1 Å². The highest BCUT2D eigenvalue weighted by Crippen LogP contribution is 2.29. The number of piperidine rings is 1. The highest BCUT2D eigenvalue weighted by molar-refractivity contribution is 6.05. The van der Waals surface area contributed by atoms with E-state index >= 15 is 0 Å². The fraction of sp³-hybridized carbons (Fsp3) is 0.381. The predicted molar refractivity (Wildman–Crippen MR) is 104 cm³/mol. The molecule has 0 radical (unpaired) electrons. The van der Waals surface area contributed by atoms with E-state index in [0.29, 0.717) is 25.1 Å². The van der Waals surface area contributed by atoms with Crippen LogP contribution in [0.3, 0.4) is 0 Å². The van der Waals surface area contributed by atoms with Gasteiger partial charge in [-0.3, -0.25) is 19.7 Å². The fourth-order valence-electron chi connectivity index (χ4n) is 4.41. The first kappa shape index (κ1) is 17.8. The molecule has 1 aliphatic carbocycles. The first-order valence-electron chi connectivity index (χ1n) is 9.93. The number of hydrogen-bond donors (Lipinski definition) is 2. The third-order valence-corrected chi connectivity index (χ3v) is 5.93.